The van der Waals surface area contributed by atoms with Crippen LogP contribution in [0.25, 0.3) is 0 Å². The minimum absolute atomic E-state index is 0.168. The highest BCUT2D eigenvalue weighted by molar-refractivity contribution is 6.30. The molecule has 1 unspecified atom stereocenters. The van der Waals surface area contributed by atoms with Crippen LogP contribution in [0, 0.1) is 5.92 Å². The fraction of sp³-hybridized carbons (Fsp3) is 0.500. The first-order valence-corrected chi connectivity index (χ1v) is 6.36. The average molecular weight is 239 g/mol. The van der Waals surface area contributed by atoms with Gasteiger partial charge in [0.1, 0.15) is 0 Å². The van der Waals surface area contributed by atoms with Gasteiger partial charge in [0.05, 0.1) is 0 Å². The quantitative estimate of drug-likeness (QED) is 0.655. The summed E-state index contributed by atoms with van der Waals surface area (Å²) in [4.78, 5) is 12.1. The summed E-state index contributed by atoms with van der Waals surface area (Å²) >= 11 is 5.80. The van der Waals surface area contributed by atoms with Crippen molar-refractivity contribution < 1.29 is 4.79 Å². The predicted octanol–water partition coefficient (Wildman–Crippen LogP) is 4.74. The van der Waals surface area contributed by atoms with Crippen molar-refractivity contribution in [2.45, 2.75) is 39.5 Å². The molecule has 0 aliphatic heterocycles. The van der Waals surface area contributed by atoms with Crippen LogP contribution in [0.5, 0.6) is 0 Å². The van der Waals surface area contributed by atoms with E-state index in [1.165, 1.54) is 0 Å². The molecule has 0 N–H and O–H groups in total. The summed E-state index contributed by atoms with van der Waals surface area (Å²) in [6, 6.07) is 7.20. The third kappa shape index (κ3) is 3.64. The molecule has 1 aromatic rings. The van der Waals surface area contributed by atoms with Crippen LogP contribution in [-0.4, -0.2) is 5.78 Å². The van der Waals surface area contributed by atoms with E-state index in [0.717, 1.165) is 31.2 Å². The Morgan fingerprint density at radius 2 is 1.88 bits per heavy atom. The van der Waals surface area contributed by atoms with Crippen molar-refractivity contribution in [2.24, 2.45) is 5.92 Å². The van der Waals surface area contributed by atoms with Gasteiger partial charge in [-0.2, -0.15) is 0 Å². The van der Waals surface area contributed by atoms with Gasteiger partial charge in [-0.25, -0.2) is 0 Å². The third-order valence-corrected chi connectivity index (χ3v) is 3.15. The van der Waals surface area contributed by atoms with Crippen molar-refractivity contribution in [3.63, 3.8) is 0 Å². The molecule has 0 aromatic heterocycles. The molecule has 1 atom stereocenters. The van der Waals surface area contributed by atoms with Crippen LogP contribution in [0.4, 0.5) is 0 Å². The molecule has 16 heavy (non-hydrogen) atoms. The van der Waals surface area contributed by atoms with Gasteiger partial charge in [-0.1, -0.05) is 38.3 Å². The monoisotopic (exact) mass is 238 g/mol. The largest absolute Gasteiger partial charge is 0.294 e. The van der Waals surface area contributed by atoms with E-state index < -0.39 is 0 Å². The van der Waals surface area contributed by atoms with Gasteiger partial charge in [0.15, 0.2) is 5.78 Å². The molecule has 1 aromatic carbocycles. The molecular formula is C14H19ClO. The summed E-state index contributed by atoms with van der Waals surface area (Å²) in [5, 5.41) is 0.679. The van der Waals surface area contributed by atoms with Crippen LogP contribution in [-0.2, 0) is 0 Å². The first-order chi connectivity index (χ1) is 7.69. The standard InChI is InChI=1S/C14H19ClO/c1-3-5-6-11(4-2)14(16)12-7-9-13(15)10-8-12/h7-11H,3-6H2,1-2H3. The summed E-state index contributed by atoms with van der Waals surface area (Å²) in [5.41, 5.74) is 0.785. The minimum Gasteiger partial charge on any atom is -0.294 e. The summed E-state index contributed by atoms with van der Waals surface area (Å²) in [6.45, 7) is 4.23. The second kappa shape index (κ2) is 6.70. The lowest BCUT2D eigenvalue weighted by Gasteiger charge is -2.13. The van der Waals surface area contributed by atoms with Gasteiger partial charge in [0.2, 0.25) is 0 Å². The number of carbonyl (C=O) groups excluding carboxylic acids is 1. The maximum atomic E-state index is 12.1. The molecule has 0 saturated carbocycles. The van der Waals surface area contributed by atoms with Crippen molar-refractivity contribution in [3.05, 3.63) is 34.9 Å². The molecule has 0 aliphatic rings. The van der Waals surface area contributed by atoms with E-state index in [-0.39, 0.29) is 11.7 Å². The molecule has 0 saturated heterocycles. The first-order valence-electron chi connectivity index (χ1n) is 5.98. The SMILES string of the molecule is CCCCC(CC)C(=O)c1ccc(Cl)cc1. The zero-order valence-electron chi connectivity index (χ0n) is 10.0. The van der Waals surface area contributed by atoms with Crippen LogP contribution in [0.1, 0.15) is 49.9 Å². The molecular weight excluding hydrogens is 220 g/mol. The van der Waals surface area contributed by atoms with Gasteiger partial charge in [0.25, 0.3) is 0 Å². The number of hydrogen-bond acceptors (Lipinski definition) is 1. The highest BCUT2D eigenvalue weighted by Gasteiger charge is 2.17. The van der Waals surface area contributed by atoms with Crippen molar-refractivity contribution in [2.75, 3.05) is 0 Å². The predicted molar refractivity (Wildman–Crippen MR) is 69.1 cm³/mol. The van der Waals surface area contributed by atoms with Crippen molar-refractivity contribution in [1.29, 1.82) is 0 Å². The van der Waals surface area contributed by atoms with Gasteiger partial charge >= 0.3 is 0 Å². The maximum absolute atomic E-state index is 12.1. The fourth-order valence-corrected chi connectivity index (χ4v) is 1.95. The molecule has 1 rings (SSSR count). The van der Waals surface area contributed by atoms with E-state index in [1.807, 2.05) is 12.1 Å². The van der Waals surface area contributed by atoms with Crippen LogP contribution in [0.2, 0.25) is 5.02 Å². The normalized spacial score (nSPS) is 12.4. The molecule has 1 nitrogen and oxygen atoms in total. The Hall–Kier alpha value is -0.820. The second-order valence-electron chi connectivity index (χ2n) is 4.12. The molecule has 0 radical (unpaired) electrons. The van der Waals surface area contributed by atoms with Crippen LogP contribution < -0.4 is 0 Å². The van der Waals surface area contributed by atoms with Gasteiger partial charge in [-0.3, -0.25) is 4.79 Å². The zero-order chi connectivity index (χ0) is 12.0. The van der Waals surface area contributed by atoms with Crippen molar-refractivity contribution in [3.8, 4) is 0 Å². The molecule has 0 bridgehead atoms. The molecule has 0 spiro atoms. The van der Waals surface area contributed by atoms with Crippen molar-refractivity contribution in [1.82, 2.24) is 0 Å². The molecule has 0 aliphatic carbocycles. The van der Waals surface area contributed by atoms with E-state index in [9.17, 15) is 4.79 Å². The zero-order valence-corrected chi connectivity index (χ0v) is 10.8. The molecule has 0 amide bonds. The summed E-state index contributed by atoms with van der Waals surface area (Å²) in [7, 11) is 0. The topological polar surface area (TPSA) is 17.1 Å². The Morgan fingerprint density at radius 1 is 1.25 bits per heavy atom. The number of hydrogen-bond donors (Lipinski definition) is 0. The first kappa shape index (κ1) is 13.2. The Morgan fingerprint density at radius 3 is 2.38 bits per heavy atom. The molecule has 2 heteroatoms. The third-order valence-electron chi connectivity index (χ3n) is 2.90. The lowest BCUT2D eigenvalue weighted by Crippen LogP contribution is -2.13. The number of carbonyl (C=O) groups is 1. The second-order valence-corrected chi connectivity index (χ2v) is 4.55. The van der Waals surface area contributed by atoms with E-state index in [2.05, 4.69) is 13.8 Å². The smallest absolute Gasteiger partial charge is 0.165 e. The number of unbranched alkanes of at least 4 members (excludes halogenated alkanes) is 1. The van der Waals surface area contributed by atoms with Crippen molar-refractivity contribution >= 4 is 17.4 Å². The summed E-state index contributed by atoms with van der Waals surface area (Å²) in [5.74, 6) is 0.425. The lowest BCUT2D eigenvalue weighted by atomic mass is 9.91. The van der Waals surface area contributed by atoms with Crippen LogP contribution in [0.15, 0.2) is 24.3 Å². The summed E-state index contributed by atoms with van der Waals surface area (Å²) < 4.78 is 0. The highest BCUT2D eigenvalue weighted by atomic mass is 35.5. The van der Waals surface area contributed by atoms with Crippen LogP contribution in [0.3, 0.4) is 0 Å². The number of halogens is 1. The van der Waals surface area contributed by atoms with Gasteiger partial charge in [-0.05, 0) is 37.1 Å². The Labute approximate surface area is 103 Å². The van der Waals surface area contributed by atoms with Gasteiger partial charge in [-0.15, -0.1) is 0 Å². The number of ketones is 1. The average Bonchev–Trinajstić information content (AvgIpc) is 2.30. The minimum atomic E-state index is 0.168. The molecule has 0 heterocycles. The summed E-state index contributed by atoms with van der Waals surface area (Å²) in [6.07, 6.45) is 4.18. The van der Waals surface area contributed by atoms with E-state index >= 15 is 0 Å². The molecule has 88 valence electrons. The highest BCUT2D eigenvalue weighted by Crippen LogP contribution is 2.19. The molecule has 0 fully saturated rings. The van der Waals surface area contributed by atoms with E-state index in [1.54, 1.807) is 12.1 Å². The number of benzene rings is 1. The Balaban J connectivity index is 2.70. The van der Waals surface area contributed by atoms with Gasteiger partial charge < -0.3 is 0 Å². The van der Waals surface area contributed by atoms with E-state index in [4.69, 9.17) is 11.6 Å². The Kier molecular flexibility index (Phi) is 5.54. The number of rotatable bonds is 6. The maximum Gasteiger partial charge on any atom is 0.165 e. The Bertz CT molecular complexity index is 329. The van der Waals surface area contributed by atoms with Crippen LogP contribution >= 0.6 is 11.6 Å². The van der Waals surface area contributed by atoms with E-state index in [0.29, 0.717) is 5.02 Å². The van der Waals surface area contributed by atoms with Gasteiger partial charge in [0, 0.05) is 16.5 Å². The fourth-order valence-electron chi connectivity index (χ4n) is 1.82. The number of Topliss-reactive ketones (excluding diaryl/α,β-unsaturated/α-hetero) is 1. The lowest BCUT2D eigenvalue weighted by molar-refractivity contribution is 0.0908.